The van der Waals surface area contributed by atoms with Crippen LogP contribution in [0, 0.1) is 13.8 Å². The van der Waals surface area contributed by atoms with E-state index < -0.39 is 5.41 Å². The Morgan fingerprint density at radius 2 is 0.561 bits per heavy atom. The van der Waals surface area contributed by atoms with E-state index in [1.807, 2.05) is 152 Å². The molecule has 0 atom stereocenters. The van der Waals surface area contributed by atoms with Crippen molar-refractivity contribution >= 4 is 87.2 Å². The minimum atomic E-state index is -0.548. The number of fused-ring (bicyclic) bond motifs is 12. The van der Waals surface area contributed by atoms with Crippen molar-refractivity contribution in [2.75, 3.05) is 0 Å². The average Bonchev–Trinajstić information content (AvgIpc) is 1.57. The quantitative estimate of drug-likeness (QED) is 0.0707. The van der Waals surface area contributed by atoms with E-state index in [4.69, 9.17) is 59.8 Å². The number of hydrogen-bond acceptors (Lipinski definition) is 12. The van der Waals surface area contributed by atoms with Crippen molar-refractivity contribution < 1.29 is 0 Å². The van der Waals surface area contributed by atoms with Gasteiger partial charge in [0.15, 0.2) is 52.4 Å². The molecule has 27 aromatic rings. The molecule has 16 heteroatoms. The van der Waals surface area contributed by atoms with Gasteiger partial charge in [0.1, 0.15) is 0 Å². The standard InChI is InChI=1S/C132H90N16/c1-82-55-62-100-101-63-56-83(2)73-117(101)148(116(100)72-82)121-80-105(110-51-30-32-70-134-110)93(75-108(121)131-143-127(88-42-19-9-20-43-88)138-128(144-131)89-44-21-10-22-45-89)81-132(3,4)94-60-68-115-107(78-94)99-48-25-28-54-113(99)146(115)119-77-92(58-65-104(119)130-141-125(86-38-15-7-16-39-86)137-126(142-130)87-40-17-8-18-41-87)122-96(49-33-71-135-122)90-59-67-114-106(74-90)98-47-24-26-52-111(98)145(114)95-61-66-102-97-46-23-27-53-112(97)147(120(102)79-95)118-76-91(109-50-29-31-69-133-109)57-64-103(118)129-139-123(84-34-11-5-12-35-84)136-124(140-129)85-36-13-6-14-37-85/h5-80H,81H2,1-4H3. The van der Waals surface area contributed by atoms with E-state index in [1.165, 1.54) is 0 Å². The van der Waals surface area contributed by atoms with Gasteiger partial charge in [0.25, 0.3) is 0 Å². The topological polar surface area (TPSA) is 174 Å². The van der Waals surface area contributed by atoms with E-state index in [1.54, 1.807) is 0 Å². The van der Waals surface area contributed by atoms with Crippen LogP contribution in [0.5, 0.6) is 0 Å². The number of nitrogens with zero attached hydrogens (tertiary/aromatic N) is 16. The van der Waals surface area contributed by atoms with E-state index in [0.717, 1.165) is 227 Å². The number of aromatic nitrogens is 16. The third-order valence-electron chi connectivity index (χ3n) is 28.8. The predicted molar refractivity (Wildman–Crippen MR) is 601 cm³/mol. The first-order valence-electron chi connectivity index (χ1n) is 49.9. The number of pyridine rings is 3. The van der Waals surface area contributed by atoms with Gasteiger partial charge in [-0.15, -0.1) is 0 Å². The summed E-state index contributed by atoms with van der Waals surface area (Å²) in [5, 5.41) is 8.84. The van der Waals surface area contributed by atoms with Gasteiger partial charge in [-0.3, -0.25) is 15.0 Å². The third kappa shape index (κ3) is 15.5. The van der Waals surface area contributed by atoms with Gasteiger partial charge in [-0.2, -0.15) is 0 Å². The second-order valence-corrected chi connectivity index (χ2v) is 38.6. The van der Waals surface area contributed by atoms with Crippen LogP contribution in [-0.4, -0.2) is 78.1 Å². The first-order chi connectivity index (χ1) is 72.9. The Hall–Kier alpha value is -19.6. The van der Waals surface area contributed by atoms with Gasteiger partial charge < -0.3 is 18.3 Å². The minimum Gasteiger partial charge on any atom is -0.309 e. The number of rotatable bonds is 20. The molecule has 16 nitrogen and oxygen atoms in total. The first-order valence-corrected chi connectivity index (χ1v) is 49.9. The first kappa shape index (κ1) is 87.4. The highest BCUT2D eigenvalue weighted by Gasteiger charge is 2.32. The smallest absolute Gasteiger partial charge is 0.166 e. The van der Waals surface area contributed by atoms with Crippen LogP contribution in [0.3, 0.4) is 0 Å². The third-order valence-corrected chi connectivity index (χ3v) is 28.8. The van der Waals surface area contributed by atoms with Crippen molar-refractivity contribution in [2.45, 2.75) is 39.5 Å². The summed E-state index contributed by atoms with van der Waals surface area (Å²) in [6.07, 6.45) is 6.23. The molecule has 0 aliphatic rings. The van der Waals surface area contributed by atoms with Crippen LogP contribution >= 0.6 is 0 Å². The number of aryl methyl sites for hydroxylation is 2. The fourth-order valence-electron chi connectivity index (χ4n) is 21.7. The van der Waals surface area contributed by atoms with Crippen LogP contribution in [0.15, 0.2) is 461 Å². The van der Waals surface area contributed by atoms with Crippen LogP contribution in [0.2, 0.25) is 0 Å². The Morgan fingerprint density at radius 3 is 1.05 bits per heavy atom. The number of benzene rings is 17. The van der Waals surface area contributed by atoms with Crippen molar-refractivity contribution in [2.24, 2.45) is 0 Å². The Morgan fingerprint density at radius 1 is 0.203 bits per heavy atom. The molecule has 0 saturated heterocycles. The summed E-state index contributed by atoms with van der Waals surface area (Å²) in [5.74, 6) is 5.01. The highest BCUT2D eigenvalue weighted by atomic mass is 15.1. The van der Waals surface area contributed by atoms with Crippen molar-refractivity contribution in [3.8, 4) is 170 Å². The zero-order valence-corrected chi connectivity index (χ0v) is 81.2. The van der Waals surface area contributed by atoms with Crippen molar-refractivity contribution in [3.05, 3.63) is 484 Å². The zero-order valence-electron chi connectivity index (χ0n) is 81.2. The molecule has 0 saturated carbocycles. The lowest BCUT2D eigenvalue weighted by molar-refractivity contribution is 0.523. The molecule has 0 unspecified atom stereocenters. The molecule has 698 valence electrons. The minimum absolute atomic E-state index is 0.512. The SMILES string of the molecule is Cc1ccc2c3ccc(C)cc3n(-c3cc(-c4ccccn4)c(CC(C)(C)c4ccc5c(c4)c4ccccc4n5-c4cc(-c5ncccc5-c5ccc6c(c5)c5ccccc5n6-c5ccc6c7ccccc7n(-c7cc(-c8ccccn8)ccc7-c7nc(-c8ccccc8)nc(-c8ccccc8)n7)c6c5)ccc4-c4nc(-c5ccccc5)nc(-c5ccccc5)n4)cc3-c3nc(-c4ccccc4)nc(-c4ccccc4)n3)c2c1. The summed E-state index contributed by atoms with van der Waals surface area (Å²) in [6, 6.07) is 156. The molecule has 0 spiro atoms. The molecule has 148 heavy (non-hydrogen) atoms. The van der Waals surface area contributed by atoms with Gasteiger partial charge in [0.05, 0.1) is 78.3 Å². The maximum atomic E-state index is 5.56. The van der Waals surface area contributed by atoms with E-state index in [9.17, 15) is 0 Å². The van der Waals surface area contributed by atoms with Gasteiger partial charge in [-0.05, 0) is 187 Å². The van der Waals surface area contributed by atoms with E-state index in [2.05, 4.69) is 355 Å². The fraction of sp³-hybridized carbons (Fsp3) is 0.0455. The summed E-state index contributed by atoms with van der Waals surface area (Å²) in [6.45, 7) is 9.07. The van der Waals surface area contributed by atoms with Gasteiger partial charge in [0, 0.05) is 140 Å². The molecule has 27 rings (SSSR count). The largest absolute Gasteiger partial charge is 0.309 e. The highest BCUT2D eigenvalue weighted by Crippen LogP contribution is 2.49. The Labute approximate surface area is 852 Å². The summed E-state index contributed by atoms with van der Waals surface area (Å²) in [4.78, 5) is 64.2. The van der Waals surface area contributed by atoms with Gasteiger partial charge >= 0.3 is 0 Å². The average molecular weight is 1900 g/mol. The summed E-state index contributed by atoms with van der Waals surface area (Å²) in [7, 11) is 0. The lowest BCUT2D eigenvalue weighted by Crippen LogP contribution is -2.21. The fourth-order valence-corrected chi connectivity index (χ4v) is 21.7. The molecule has 10 heterocycles. The van der Waals surface area contributed by atoms with E-state index >= 15 is 0 Å². The van der Waals surface area contributed by atoms with Crippen LogP contribution in [0.4, 0.5) is 0 Å². The van der Waals surface area contributed by atoms with Crippen LogP contribution in [0.1, 0.15) is 36.1 Å². The van der Waals surface area contributed by atoms with Gasteiger partial charge in [-0.1, -0.05) is 323 Å². The normalized spacial score (nSPS) is 11.8. The lowest BCUT2D eigenvalue weighted by Gasteiger charge is -2.28. The molecule has 0 radical (unpaired) electrons. The number of hydrogen-bond donors (Lipinski definition) is 0. The molecule has 0 N–H and O–H groups in total. The van der Waals surface area contributed by atoms with E-state index in [-0.39, 0.29) is 0 Å². The molecule has 0 aliphatic heterocycles. The maximum Gasteiger partial charge on any atom is 0.166 e. The Balaban J connectivity index is 0.617. The predicted octanol–water partition coefficient (Wildman–Crippen LogP) is 31.6. The Bertz CT molecular complexity index is 9690. The van der Waals surface area contributed by atoms with Crippen molar-refractivity contribution in [1.29, 1.82) is 0 Å². The summed E-state index contributed by atoms with van der Waals surface area (Å²) in [5.41, 5.74) is 30.9. The molecule has 0 aliphatic carbocycles. The molecule has 10 aromatic heterocycles. The zero-order chi connectivity index (χ0) is 98.6. The van der Waals surface area contributed by atoms with Crippen molar-refractivity contribution in [3.63, 3.8) is 0 Å². The maximum absolute atomic E-state index is 5.56. The lowest BCUT2D eigenvalue weighted by atomic mass is 9.77. The summed E-state index contributed by atoms with van der Waals surface area (Å²) >= 11 is 0. The van der Waals surface area contributed by atoms with Gasteiger partial charge in [-0.25, -0.2) is 44.9 Å². The molecule has 0 bridgehead atoms. The van der Waals surface area contributed by atoms with E-state index in [0.29, 0.717) is 58.8 Å². The van der Waals surface area contributed by atoms with Crippen LogP contribution in [0.25, 0.3) is 257 Å². The van der Waals surface area contributed by atoms with Crippen LogP contribution < -0.4 is 0 Å². The van der Waals surface area contributed by atoms with Gasteiger partial charge in [0.2, 0.25) is 0 Å². The second kappa shape index (κ2) is 36.1. The highest BCUT2D eigenvalue weighted by molar-refractivity contribution is 6.15. The summed E-state index contributed by atoms with van der Waals surface area (Å²) < 4.78 is 9.64. The molecular weight excluding hydrogens is 1810 g/mol. The molecule has 0 amide bonds. The monoisotopic (exact) mass is 1900 g/mol. The molecule has 17 aromatic carbocycles. The molecule has 0 fully saturated rings. The van der Waals surface area contributed by atoms with Crippen LogP contribution in [-0.2, 0) is 11.8 Å². The second-order valence-electron chi connectivity index (χ2n) is 38.6. The van der Waals surface area contributed by atoms with Crippen molar-refractivity contribution in [1.82, 2.24) is 78.1 Å². The number of para-hydroxylation sites is 3. The molecular formula is C132H90N16. The Kier molecular flexibility index (Phi) is 21.3.